The predicted molar refractivity (Wildman–Crippen MR) is 85.1 cm³/mol. The van der Waals surface area contributed by atoms with E-state index in [1.807, 2.05) is 0 Å². The Balaban J connectivity index is 1.61. The summed E-state index contributed by atoms with van der Waals surface area (Å²) in [4.78, 5) is 4.86. The fraction of sp³-hybridized carbons (Fsp3) is 0.812. The average Bonchev–Trinajstić information content (AvgIpc) is 2.98. The molecule has 1 unspecified atom stereocenters. The van der Waals surface area contributed by atoms with Gasteiger partial charge in [0.25, 0.3) is 0 Å². The van der Waals surface area contributed by atoms with Crippen molar-refractivity contribution in [2.45, 2.75) is 50.7 Å². The van der Waals surface area contributed by atoms with Crippen molar-refractivity contribution in [2.24, 2.45) is 5.73 Å². The quantitative estimate of drug-likeness (QED) is 0.912. The molecule has 1 aromatic rings. The van der Waals surface area contributed by atoms with Gasteiger partial charge in [-0.2, -0.15) is 5.10 Å². The second-order valence-corrected chi connectivity index (χ2v) is 6.70. The van der Waals surface area contributed by atoms with Crippen LogP contribution in [0.1, 0.15) is 43.8 Å². The van der Waals surface area contributed by atoms with Crippen molar-refractivity contribution in [3.8, 4) is 0 Å². The SMILES string of the molecule is CN1CCN(Cc2ccn(C3CCCCC3)n2)C(CN)C1. The lowest BCUT2D eigenvalue weighted by Gasteiger charge is -2.39. The van der Waals surface area contributed by atoms with Gasteiger partial charge < -0.3 is 10.6 Å². The molecule has 2 aliphatic rings. The largest absolute Gasteiger partial charge is 0.329 e. The summed E-state index contributed by atoms with van der Waals surface area (Å²) in [6.07, 6.45) is 8.87. The number of nitrogens with two attached hydrogens (primary N) is 1. The molecule has 0 amide bonds. The smallest absolute Gasteiger partial charge is 0.0765 e. The van der Waals surface area contributed by atoms with Crippen LogP contribution in [0.5, 0.6) is 0 Å². The van der Waals surface area contributed by atoms with E-state index in [0.717, 1.165) is 32.7 Å². The molecule has 1 saturated carbocycles. The maximum atomic E-state index is 5.94. The number of hydrogen-bond donors (Lipinski definition) is 1. The molecule has 1 aliphatic heterocycles. The maximum Gasteiger partial charge on any atom is 0.0765 e. The molecule has 1 atom stereocenters. The normalized spacial score (nSPS) is 26.3. The lowest BCUT2D eigenvalue weighted by atomic mass is 9.96. The molecule has 0 radical (unpaired) electrons. The third kappa shape index (κ3) is 3.65. The summed E-state index contributed by atoms with van der Waals surface area (Å²) in [7, 11) is 2.18. The number of nitrogens with zero attached hydrogens (tertiary/aromatic N) is 4. The van der Waals surface area contributed by atoms with Crippen LogP contribution in [0, 0.1) is 0 Å². The van der Waals surface area contributed by atoms with Gasteiger partial charge in [-0.1, -0.05) is 19.3 Å². The first-order valence-corrected chi connectivity index (χ1v) is 8.43. The van der Waals surface area contributed by atoms with Crippen LogP contribution >= 0.6 is 0 Å². The molecule has 5 nitrogen and oxygen atoms in total. The number of likely N-dealkylation sites (N-methyl/N-ethyl adjacent to an activating group) is 1. The number of hydrogen-bond acceptors (Lipinski definition) is 4. The molecule has 1 aromatic heterocycles. The fourth-order valence-corrected chi connectivity index (χ4v) is 3.70. The van der Waals surface area contributed by atoms with Crippen LogP contribution < -0.4 is 5.73 Å². The van der Waals surface area contributed by atoms with E-state index in [2.05, 4.69) is 33.8 Å². The number of rotatable bonds is 4. The summed E-state index contributed by atoms with van der Waals surface area (Å²) in [5, 5.41) is 4.84. The van der Waals surface area contributed by atoms with Gasteiger partial charge in [0.2, 0.25) is 0 Å². The highest BCUT2D eigenvalue weighted by atomic mass is 15.3. The molecule has 2 N–H and O–H groups in total. The minimum Gasteiger partial charge on any atom is -0.329 e. The highest BCUT2D eigenvalue weighted by molar-refractivity contribution is 5.01. The van der Waals surface area contributed by atoms with Crippen LogP contribution in [0.15, 0.2) is 12.3 Å². The van der Waals surface area contributed by atoms with Gasteiger partial charge in [-0.15, -0.1) is 0 Å². The topological polar surface area (TPSA) is 50.3 Å². The van der Waals surface area contributed by atoms with Crippen LogP contribution in [0.4, 0.5) is 0 Å². The fourth-order valence-electron chi connectivity index (χ4n) is 3.70. The minimum atomic E-state index is 0.462. The Morgan fingerprint density at radius 3 is 2.81 bits per heavy atom. The van der Waals surface area contributed by atoms with Crippen molar-refractivity contribution in [3.63, 3.8) is 0 Å². The molecule has 21 heavy (non-hydrogen) atoms. The summed E-state index contributed by atoms with van der Waals surface area (Å²) in [6.45, 7) is 4.96. The van der Waals surface area contributed by atoms with Crippen molar-refractivity contribution in [3.05, 3.63) is 18.0 Å². The van der Waals surface area contributed by atoms with Gasteiger partial charge in [-0.3, -0.25) is 9.58 Å². The van der Waals surface area contributed by atoms with Crippen molar-refractivity contribution < 1.29 is 0 Å². The van der Waals surface area contributed by atoms with Gasteiger partial charge in [0.15, 0.2) is 0 Å². The van der Waals surface area contributed by atoms with E-state index in [1.165, 1.54) is 37.8 Å². The van der Waals surface area contributed by atoms with Crippen molar-refractivity contribution in [1.29, 1.82) is 0 Å². The summed E-state index contributed by atoms with van der Waals surface area (Å²) in [5.41, 5.74) is 7.14. The zero-order valence-electron chi connectivity index (χ0n) is 13.2. The van der Waals surface area contributed by atoms with Crippen LogP contribution in [-0.4, -0.2) is 58.8 Å². The predicted octanol–water partition coefficient (Wildman–Crippen LogP) is 1.46. The Morgan fingerprint density at radius 2 is 2.05 bits per heavy atom. The van der Waals surface area contributed by atoms with E-state index in [-0.39, 0.29) is 0 Å². The van der Waals surface area contributed by atoms with Gasteiger partial charge in [-0.05, 0) is 26.0 Å². The molecule has 1 aliphatic carbocycles. The van der Waals surface area contributed by atoms with Gasteiger partial charge >= 0.3 is 0 Å². The number of aromatic nitrogens is 2. The summed E-state index contributed by atoms with van der Waals surface area (Å²) in [5.74, 6) is 0. The van der Waals surface area contributed by atoms with E-state index in [9.17, 15) is 0 Å². The second-order valence-electron chi connectivity index (χ2n) is 6.70. The molecule has 3 rings (SSSR count). The first-order chi connectivity index (χ1) is 10.3. The monoisotopic (exact) mass is 291 g/mol. The van der Waals surface area contributed by atoms with E-state index in [1.54, 1.807) is 0 Å². The van der Waals surface area contributed by atoms with Crippen molar-refractivity contribution >= 4 is 0 Å². The van der Waals surface area contributed by atoms with Crippen LogP contribution in [0.2, 0.25) is 0 Å². The first kappa shape index (κ1) is 15.0. The van der Waals surface area contributed by atoms with Crippen LogP contribution in [-0.2, 0) is 6.54 Å². The lowest BCUT2D eigenvalue weighted by Crippen LogP contribution is -2.54. The summed E-state index contributed by atoms with van der Waals surface area (Å²) < 4.78 is 2.21. The average molecular weight is 291 g/mol. The molecular weight excluding hydrogens is 262 g/mol. The van der Waals surface area contributed by atoms with Gasteiger partial charge in [0.1, 0.15) is 0 Å². The third-order valence-corrected chi connectivity index (χ3v) is 5.06. The summed E-state index contributed by atoms with van der Waals surface area (Å²) in [6, 6.07) is 3.29. The Bertz CT molecular complexity index is 438. The Hall–Kier alpha value is -0.910. The Morgan fingerprint density at radius 1 is 1.24 bits per heavy atom. The number of piperazine rings is 1. The molecule has 5 heteroatoms. The van der Waals surface area contributed by atoms with Crippen molar-refractivity contribution in [1.82, 2.24) is 19.6 Å². The molecular formula is C16H29N5. The molecule has 1 saturated heterocycles. The second kappa shape index (κ2) is 6.90. The Kier molecular flexibility index (Phi) is 4.93. The molecule has 0 aromatic carbocycles. The van der Waals surface area contributed by atoms with E-state index in [0.29, 0.717) is 12.1 Å². The van der Waals surface area contributed by atoms with Crippen LogP contribution in [0.3, 0.4) is 0 Å². The first-order valence-electron chi connectivity index (χ1n) is 8.43. The zero-order valence-corrected chi connectivity index (χ0v) is 13.2. The molecule has 118 valence electrons. The highest BCUT2D eigenvalue weighted by Gasteiger charge is 2.25. The lowest BCUT2D eigenvalue weighted by molar-refractivity contribution is 0.0867. The van der Waals surface area contributed by atoms with Gasteiger partial charge in [0, 0.05) is 45.0 Å². The Labute approximate surface area is 128 Å². The molecule has 0 bridgehead atoms. The molecule has 0 spiro atoms. The van der Waals surface area contributed by atoms with E-state index in [4.69, 9.17) is 10.8 Å². The van der Waals surface area contributed by atoms with Crippen LogP contribution in [0.25, 0.3) is 0 Å². The summed E-state index contributed by atoms with van der Waals surface area (Å²) >= 11 is 0. The van der Waals surface area contributed by atoms with E-state index >= 15 is 0 Å². The maximum absolute atomic E-state index is 5.94. The molecule has 2 heterocycles. The third-order valence-electron chi connectivity index (χ3n) is 5.06. The highest BCUT2D eigenvalue weighted by Crippen LogP contribution is 2.27. The standard InChI is InChI=1S/C16H29N5/c1-19-9-10-20(16(11-17)13-19)12-14-7-8-21(18-14)15-5-3-2-4-6-15/h7-8,15-16H,2-6,9-13,17H2,1H3. The van der Waals surface area contributed by atoms with Gasteiger partial charge in [-0.25, -0.2) is 0 Å². The van der Waals surface area contributed by atoms with E-state index < -0.39 is 0 Å². The van der Waals surface area contributed by atoms with Gasteiger partial charge in [0.05, 0.1) is 11.7 Å². The molecule has 2 fully saturated rings. The minimum absolute atomic E-state index is 0.462. The zero-order chi connectivity index (χ0) is 14.7. The van der Waals surface area contributed by atoms with Crippen molar-refractivity contribution in [2.75, 3.05) is 33.2 Å².